The molecule has 1 aliphatic heterocycles. The van der Waals surface area contributed by atoms with Gasteiger partial charge in [0.2, 0.25) is 0 Å². The molecule has 2 fully saturated rings. The van der Waals surface area contributed by atoms with Gasteiger partial charge >= 0.3 is 0 Å². The van der Waals surface area contributed by atoms with Crippen molar-refractivity contribution in [3.63, 3.8) is 0 Å². The highest BCUT2D eigenvalue weighted by molar-refractivity contribution is 4.91. The molecule has 2 rings (SSSR count). The van der Waals surface area contributed by atoms with E-state index in [-0.39, 0.29) is 5.54 Å². The second-order valence-electron chi connectivity index (χ2n) is 7.15. The van der Waals surface area contributed by atoms with Crippen LogP contribution in [0.3, 0.4) is 0 Å². The van der Waals surface area contributed by atoms with Gasteiger partial charge in [-0.15, -0.1) is 0 Å². The summed E-state index contributed by atoms with van der Waals surface area (Å²) in [6.07, 6.45) is 10.0. The van der Waals surface area contributed by atoms with Crippen molar-refractivity contribution in [2.45, 2.75) is 77.4 Å². The number of hydrogen-bond donors (Lipinski definition) is 1. The highest BCUT2D eigenvalue weighted by Crippen LogP contribution is 2.43. The van der Waals surface area contributed by atoms with Gasteiger partial charge in [-0.25, -0.2) is 0 Å². The van der Waals surface area contributed by atoms with E-state index >= 15 is 0 Å². The molecule has 2 nitrogen and oxygen atoms in total. The summed E-state index contributed by atoms with van der Waals surface area (Å²) in [5, 5.41) is 3.72. The third kappa shape index (κ3) is 3.96. The minimum atomic E-state index is 0.242. The summed E-state index contributed by atoms with van der Waals surface area (Å²) in [4.78, 5) is 0. The first-order valence-corrected chi connectivity index (χ1v) is 7.36. The van der Waals surface area contributed by atoms with E-state index in [1.165, 1.54) is 51.5 Å². The van der Waals surface area contributed by atoms with Gasteiger partial charge in [-0.1, -0.05) is 12.8 Å². The van der Waals surface area contributed by atoms with Gasteiger partial charge in [-0.3, -0.25) is 0 Å². The van der Waals surface area contributed by atoms with Gasteiger partial charge < -0.3 is 10.1 Å². The summed E-state index contributed by atoms with van der Waals surface area (Å²) in [6, 6.07) is 0. The molecule has 2 aliphatic rings. The normalized spacial score (nSPS) is 28.8. The Kier molecular flexibility index (Phi) is 4.14. The van der Waals surface area contributed by atoms with Crippen molar-refractivity contribution in [3.8, 4) is 0 Å². The van der Waals surface area contributed by atoms with Gasteiger partial charge in [-0.05, 0) is 58.3 Å². The molecule has 0 amide bonds. The van der Waals surface area contributed by atoms with Gasteiger partial charge in [0.25, 0.3) is 0 Å². The predicted octanol–water partition coefficient (Wildman–Crippen LogP) is 3.50. The van der Waals surface area contributed by atoms with E-state index in [2.05, 4.69) is 26.1 Å². The Morgan fingerprint density at radius 2 is 1.88 bits per heavy atom. The summed E-state index contributed by atoms with van der Waals surface area (Å²) in [7, 11) is 0. The van der Waals surface area contributed by atoms with Crippen molar-refractivity contribution in [2.75, 3.05) is 13.2 Å². The van der Waals surface area contributed by atoms with Gasteiger partial charge in [0, 0.05) is 18.7 Å². The van der Waals surface area contributed by atoms with Crippen molar-refractivity contribution < 1.29 is 4.74 Å². The van der Waals surface area contributed by atoms with E-state index in [1.54, 1.807) is 0 Å². The minimum Gasteiger partial charge on any atom is -0.378 e. The van der Waals surface area contributed by atoms with E-state index in [0.29, 0.717) is 11.5 Å². The summed E-state index contributed by atoms with van der Waals surface area (Å²) in [5.74, 6) is 0. The molecule has 0 spiro atoms. The Morgan fingerprint density at radius 3 is 2.41 bits per heavy atom. The van der Waals surface area contributed by atoms with Gasteiger partial charge in [0.05, 0.1) is 6.10 Å². The Bertz CT molecular complexity index is 232. The van der Waals surface area contributed by atoms with E-state index in [1.807, 2.05) is 0 Å². The highest BCUT2D eigenvalue weighted by atomic mass is 16.5. The lowest BCUT2D eigenvalue weighted by Gasteiger charge is -2.35. The molecule has 2 heteroatoms. The molecule has 1 N–H and O–H groups in total. The summed E-state index contributed by atoms with van der Waals surface area (Å²) >= 11 is 0. The van der Waals surface area contributed by atoms with Crippen LogP contribution in [0.5, 0.6) is 0 Å². The lowest BCUT2D eigenvalue weighted by molar-refractivity contribution is 0.0593. The third-order valence-electron chi connectivity index (χ3n) is 4.34. The molecule has 17 heavy (non-hydrogen) atoms. The lowest BCUT2D eigenvalue weighted by Crippen LogP contribution is -2.44. The molecule has 1 saturated heterocycles. The van der Waals surface area contributed by atoms with Crippen molar-refractivity contribution >= 4 is 0 Å². The van der Waals surface area contributed by atoms with E-state index in [0.717, 1.165) is 6.61 Å². The third-order valence-corrected chi connectivity index (χ3v) is 4.34. The van der Waals surface area contributed by atoms with Crippen LogP contribution in [0.25, 0.3) is 0 Å². The molecule has 1 saturated carbocycles. The molecule has 1 unspecified atom stereocenters. The van der Waals surface area contributed by atoms with E-state index in [9.17, 15) is 0 Å². The smallest absolute Gasteiger partial charge is 0.0581 e. The molecule has 0 bridgehead atoms. The molecule has 0 aromatic heterocycles. The van der Waals surface area contributed by atoms with Crippen molar-refractivity contribution in [1.29, 1.82) is 0 Å². The largest absolute Gasteiger partial charge is 0.378 e. The summed E-state index contributed by atoms with van der Waals surface area (Å²) in [5.41, 5.74) is 0.772. The molecular formula is C15H29NO. The fourth-order valence-electron chi connectivity index (χ4n) is 3.32. The number of rotatable bonds is 4. The van der Waals surface area contributed by atoms with Crippen LogP contribution in [-0.4, -0.2) is 24.8 Å². The first-order valence-electron chi connectivity index (χ1n) is 7.36. The zero-order chi connectivity index (χ0) is 12.4. The summed E-state index contributed by atoms with van der Waals surface area (Å²) in [6.45, 7) is 8.97. The zero-order valence-corrected chi connectivity index (χ0v) is 11.8. The van der Waals surface area contributed by atoms with E-state index in [4.69, 9.17) is 4.74 Å². The minimum absolute atomic E-state index is 0.242. The van der Waals surface area contributed by atoms with E-state index < -0.39 is 0 Å². The fraction of sp³-hybridized carbons (Fsp3) is 1.00. The average Bonchev–Trinajstić information content (AvgIpc) is 2.87. The molecular weight excluding hydrogens is 210 g/mol. The van der Waals surface area contributed by atoms with Crippen LogP contribution < -0.4 is 5.32 Å². The van der Waals surface area contributed by atoms with Gasteiger partial charge in [-0.2, -0.15) is 0 Å². The van der Waals surface area contributed by atoms with Gasteiger partial charge in [0.15, 0.2) is 0 Å². The van der Waals surface area contributed by atoms with Crippen molar-refractivity contribution in [2.24, 2.45) is 5.41 Å². The van der Waals surface area contributed by atoms with Crippen LogP contribution >= 0.6 is 0 Å². The molecule has 1 aliphatic carbocycles. The first-order chi connectivity index (χ1) is 7.99. The van der Waals surface area contributed by atoms with Crippen LogP contribution in [0, 0.1) is 5.41 Å². The Labute approximate surface area is 107 Å². The molecule has 0 aromatic rings. The quantitative estimate of drug-likeness (QED) is 0.810. The summed E-state index contributed by atoms with van der Waals surface area (Å²) < 4.78 is 5.84. The second-order valence-corrected chi connectivity index (χ2v) is 7.15. The highest BCUT2D eigenvalue weighted by Gasteiger charge is 2.37. The van der Waals surface area contributed by atoms with Crippen LogP contribution in [0.2, 0.25) is 0 Å². The maximum absolute atomic E-state index is 5.84. The first kappa shape index (κ1) is 13.4. The molecule has 100 valence electrons. The number of ether oxygens (including phenoxy) is 1. The van der Waals surface area contributed by atoms with Crippen molar-refractivity contribution in [1.82, 2.24) is 5.32 Å². The average molecular weight is 239 g/mol. The lowest BCUT2D eigenvalue weighted by atomic mass is 9.79. The Balaban J connectivity index is 1.89. The Morgan fingerprint density at radius 1 is 1.18 bits per heavy atom. The zero-order valence-electron chi connectivity index (χ0n) is 11.8. The molecule has 1 atom stereocenters. The molecule has 0 radical (unpaired) electrons. The van der Waals surface area contributed by atoms with Crippen LogP contribution in [0.1, 0.15) is 65.7 Å². The maximum Gasteiger partial charge on any atom is 0.0581 e. The van der Waals surface area contributed by atoms with Crippen molar-refractivity contribution in [3.05, 3.63) is 0 Å². The fourth-order valence-corrected chi connectivity index (χ4v) is 3.32. The van der Waals surface area contributed by atoms with Crippen LogP contribution in [0.4, 0.5) is 0 Å². The predicted molar refractivity (Wildman–Crippen MR) is 72.2 cm³/mol. The SMILES string of the molecule is CC(C)(C)NCC1(CC2CCCO2)CCCC1. The Hall–Kier alpha value is -0.0800. The topological polar surface area (TPSA) is 21.3 Å². The maximum atomic E-state index is 5.84. The van der Waals surface area contributed by atoms with Gasteiger partial charge in [0.1, 0.15) is 0 Å². The molecule has 0 aromatic carbocycles. The monoisotopic (exact) mass is 239 g/mol. The number of nitrogens with one attached hydrogen (secondary N) is 1. The second kappa shape index (κ2) is 5.27. The molecule has 1 heterocycles. The van der Waals surface area contributed by atoms with Crippen LogP contribution in [-0.2, 0) is 4.74 Å². The standard InChI is InChI=1S/C15H29NO/c1-14(2,3)16-12-15(8-4-5-9-15)11-13-7-6-10-17-13/h13,16H,4-12H2,1-3H3. The number of hydrogen-bond acceptors (Lipinski definition) is 2. The van der Waals surface area contributed by atoms with Crippen LogP contribution in [0.15, 0.2) is 0 Å².